The minimum absolute atomic E-state index is 0.0931. The number of carbonyl (C=O) groups is 2. The molecule has 0 bridgehead atoms. The van der Waals surface area contributed by atoms with Gasteiger partial charge in [-0.25, -0.2) is 4.98 Å². The number of carbonyl (C=O) groups excluding carboxylic acids is 2. The van der Waals surface area contributed by atoms with Crippen molar-refractivity contribution in [1.82, 2.24) is 9.97 Å². The summed E-state index contributed by atoms with van der Waals surface area (Å²) in [7, 11) is 0. The number of hydrogen-bond donors (Lipinski definition) is 0. The van der Waals surface area contributed by atoms with Crippen LogP contribution in [0.15, 0.2) is 72.9 Å². The second-order valence-electron chi connectivity index (χ2n) is 8.58. The lowest BCUT2D eigenvalue weighted by molar-refractivity contribution is -0.117. The third-order valence-corrected chi connectivity index (χ3v) is 6.27. The Bertz CT molecular complexity index is 1380. The van der Waals surface area contributed by atoms with Crippen LogP contribution in [0.1, 0.15) is 27.0 Å². The van der Waals surface area contributed by atoms with Crippen LogP contribution in [-0.2, 0) is 22.4 Å². The third kappa shape index (κ3) is 5.56. The topological polar surface area (TPSA) is 72.4 Å². The minimum atomic E-state index is -0.0951. The summed E-state index contributed by atoms with van der Waals surface area (Å²) in [5, 5.41) is 0.621. The molecule has 1 aromatic heterocycles. The van der Waals surface area contributed by atoms with E-state index in [1.165, 1.54) is 0 Å². The number of Topliss-reactive ketones (excluding diaryl/α,β-unsaturated/α-hetero) is 1. The maximum atomic E-state index is 13.1. The first-order chi connectivity index (χ1) is 17.0. The molecule has 1 saturated heterocycles. The van der Waals surface area contributed by atoms with Gasteiger partial charge in [0.05, 0.1) is 30.4 Å². The largest absolute Gasteiger partial charge is 0.378 e. The molecule has 2 heterocycles. The number of ketones is 2. The Morgan fingerprint density at radius 2 is 1.60 bits per heavy atom. The Morgan fingerprint density at radius 3 is 2.37 bits per heavy atom. The Balaban J connectivity index is 1.28. The van der Waals surface area contributed by atoms with Crippen molar-refractivity contribution < 1.29 is 14.3 Å². The molecule has 7 heteroatoms. The molecule has 0 amide bonds. The van der Waals surface area contributed by atoms with Gasteiger partial charge in [-0.2, -0.15) is 0 Å². The fraction of sp³-hybridized carbons (Fsp3) is 0.214. The summed E-state index contributed by atoms with van der Waals surface area (Å²) in [5.41, 5.74) is 4.30. The number of hydrogen-bond acceptors (Lipinski definition) is 6. The SMILES string of the molecule is O=C(Cc1ccc(C(=O)c2ccc3ncc(N4CCOCC4)nc3c2)cc1)Cc1cccc(Cl)c1. The predicted octanol–water partition coefficient (Wildman–Crippen LogP) is 4.71. The van der Waals surface area contributed by atoms with Crippen LogP contribution in [0.4, 0.5) is 5.82 Å². The van der Waals surface area contributed by atoms with Crippen LogP contribution in [-0.4, -0.2) is 47.8 Å². The van der Waals surface area contributed by atoms with Crippen LogP contribution in [0.25, 0.3) is 11.0 Å². The zero-order chi connectivity index (χ0) is 24.2. The molecule has 5 rings (SSSR count). The maximum Gasteiger partial charge on any atom is 0.193 e. The van der Waals surface area contributed by atoms with E-state index < -0.39 is 0 Å². The lowest BCUT2D eigenvalue weighted by Crippen LogP contribution is -2.36. The quantitative estimate of drug-likeness (QED) is 0.353. The van der Waals surface area contributed by atoms with E-state index >= 15 is 0 Å². The third-order valence-electron chi connectivity index (χ3n) is 6.03. The fourth-order valence-electron chi connectivity index (χ4n) is 4.19. The summed E-state index contributed by atoms with van der Waals surface area (Å²) in [4.78, 5) is 37.0. The Morgan fingerprint density at radius 1 is 0.857 bits per heavy atom. The van der Waals surface area contributed by atoms with Crippen LogP contribution in [0, 0.1) is 0 Å². The number of morpholine rings is 1. The molecule has 3 aromatic carbocycles. The van der Waals surface area contributed by atoms with Crippen molar-refractivity contribution in [3.8, 4) is 0 Å². The molecule has 0 atom stereocenters. The number of aromatic nitrogens is 2. The highest BCUT2D eigenvalue weighted by molar-refractivity contribution is 6.30. The highest BCUT2D eigenvalue weighted by Crippen LogP contribution is 2.20. The van der Waals surface area contributed by atoms with Gasteiger partial charge in [0.15, 0.2) is 5.78 Å². The van der Waals surface area contributed by atoms with E-state index in [1.807, 2.05) is 30.3 Å². The molecular formula is C28H24ClN3O3. The molecule has 1 fully saturated rings. The first kappa shape index (κ1) is 23.1. The number of rotatable bonds is 7. The van der Waals surface area contributed by atoms with E-state index in [1.54, 1.807) is 42.6 Å². The molecule has 35 heavy (non-hydrogen) atoms. The van der Waals surface area contributed by atoms with Gasteiger partial charge in [0.1, 0.15) is 11.6 Å². The maximum absolute atomic E-state index is 13.1. The summed E-state index contributed by atoms with van der Waals surface area (Å²) < 4.78 is 5.41. The first-order valence-electron chi connectivity index (χ1n) is 11.5. The van der Waals surface area contributed by atoms with Gasteiger partial charge in [0.25, 0.3) is 0 Å². The zero-order valence-corrected chi connectivity index (χ0v) is 19.9. The fourth-order valence-corrected chi connectivity index (χ4v) is 4.41. The van der Waals surface area contributed by atoms with Gasteiger partial charge in [-0.15, -0.1) is 0 Å². The molecule has 0 aliphatic carbocycles. The van der Waals surface area contributed by atoms with Crippen molar-refractivity contribution in [2.75, 3.05) is 31.2 Å². The number of fused-ring (bicyclic) bond motifs is 1. The summed E-state index contributed by atoms with van der Waals surface area (Å²) in [5.74, 6) is 0.787. The van der Waals surface area contributed by atoms with Crippen molar-refractivity contribution in [1.29, 1.82) is 0 Å². The lowest BCUT2D eigenvalue weighted by atomic mass is 9.98. The smallest absolute Gasteiger partial charge is 0.193 e. The van der Waals surface area contributed by atoms with Gasteiger partial charge in [-0.05, 0) is 41.5 Å². The van der Waals surface area contributed by atoms with Crippen molar-refractivity contribution in [2.24, 2.45) is 0 Å². The van der Waals surface area contributed by atoms with Crippen LogP contribution in [0.3, 0.4) is 0 Å². The number of halogens is 1. The van der Waals surface area contributed by atoms with Crippen molar-refractivity contribution >= 4 is 40.0 Å². The lowest BCUT2D eigenvalue weighted by Gasteiger charge is -2.27. The van der Waals surface area contributed by atoms with Crippen LogP contribution in [0.5, 0.6) is 0 Å². The summed E-state index contributed by atoms with van der Waals surface area (Å²) in [6, 6.07) is 19.9. The van der Waals surface area contributed by atoms with E-state index in [2.05, 4.69) is 9.88 Å². The highest BCUT2D eigenvalue weighted by Gasteiger charge is 2.15. The normalized spacial score (nSPS) is 13.7. The van der Waals surface area contributed by atoms with E-state index in [9.17, 15) is 9.59 Å². The molecule has 0 spiro atoms. The molecule has 1 aliphatic rings. The number of ether oxygens (including phenoxy) is 1. The zero-order valence-electron chi connectivity index (χ0n) is 19.1. The van der Waals surface area contributed by atoms with Gasteiger partial charge in [0.2, 0.25) is 0 Å². The van der Waals surface area contributed by atoms with E-state index in [4.69, 9.17) is 21.3 Å². The summed E-state index contributed by atoms with van der Waals surface area (Å²) >= 11 is 6.00. The van der Waals surface area contributed by atoms with Gasteiger partial charge in [-0.1, -0.05) is 48.0 Å². The summed E-state index contributed by atoms with van der Waals surface area (Å²) in [6.07, 6.45) is 2.39. The Kier molecular flexibility index (Phi) is 6.84. The summed E-state index contributed by atoms with van der Waals surface area (Å²) in [6.45, 7) is 2.88. The monoisotopic (exact) mass is 485 g/mol. The van der Waals surface area contributed by atoms with Gasteiger partial charge in [-0.3, -0.25) is 14.6 Å². The van der Waals surface area contributed by atoms with Crippen molar-refractivity contribution in [2.45, 2.75) is 12.8 Å². The molecule has 176 valence electrons. The standard InChI is InChI=1S/C28H24ClN3O3/c29-23-3-1-2-20(14-23)16-24(33)15-19-4-6-21(7-5-19)28(34)22-8-9-25-26(17-22)31-27(18-30-25)32-10-12-35-13-11-32/h1-9,14,17-18H,10-13,15-16H2. The molecule has 0 saturated carbocycles. The average molecular weight is 486 g/mol. The Labute approximate surface area is 208 Å². The average Bonchev–Trinajstić information content (AvgIpc) is 2.88. The van der Waals surface area contributed by atoms with E-state index in [0.29, 0.717) is 47.7 Å². The number of benzene rings is 3. The molecule has 6 nitrogen and oxygen atoms in total. The van der Waals surface area contributed by atoms with Crippen LogP contribution in [0.2, 0.25) is 5.02 Å². The number of anilines is 1. The van der Waals surface area contributed by atoms with Crippen molar-refractivity contribution in [3.63, 3.8) is 0 Å². The first-order valence-corrected chi connectivity index (χ1v) is 11.9. The molecule has 0 N–H and O–H groups in total. The molecule has 0 radical (unpaired) electrons. The molecule has 1 aliphatic heterocycles. The van der Waals surface area contributed by atoms with Crippen LogP contribution < -0.4 is 4.90 Å². The van der Waals surface area contributed by atoms with Gasteiger partial charge < -0.3 is 9.64 Å². The molecule has 4 aromatic rings. The Hall–Kier alpha value is -3.61. The van der Waals surface area contributed by atoms with Gasteiger partial charge >= 0.3 is 0 Å². The second kappa shape index (κ2) is 10.3. The highest BCUT2D eigenvalue weighted by atomic mass is 35.5. The predicted molar refractivity (Wildman–Crippen MR) is 136 cm³/mol. The second-order valence-corrected chi connectivity index (χ2v) is 9.02. The van der Waals surface area contributed by atoms with Gasteiger partial charge in [0, 0.05) is 42.1 Å². The molecular weight excluding hydrogens is 462 g/mol. The van der Waals surface area contributed by atoms with Crippen molar-refractivity contribution in [3.05, 3.63) is 100 Å². The van der Waals surface area contributed by atoms with E-state index in [-0.39, 0.29) is 11.6 Å². The minimum Gasteiger partial charge on any atom is -0.378 e. The number of nitrogens with zero attached hydrogens (tertiary/aromatic N) is 3. The molecule has 0 unspecified atom stereocenters. The van der Waals surface area contributed by atoms with E-state index in [0.717, 1.165) is 35.6 Å². The van der Waals surface area contributed by atoms with Crippen LogP contribution >= 0.6 is 11.6 Å².